The fourth-order valence-corrected chi connectivity index (χ4v) is 3.91. The van der Waals surface area contributed by atoms with Crippen LogP contribution in [0, 0.1) is 0 Å². The molecule has 0 fully saturated rings. The third kappa shape index (κ3) is 5.37. The lowest BCUT2D eigenvalue weighted by Crippen LogP contribution is -2.25. The third-order valence-electron chi connectivity index (χ3n) is 4.03. The fourth-order valence-electron chi connectivity index (χ4n) is 2.82. The number of aryl methyl sites for hydroxylation is 1. The molecule has 0 radical (unpaired) electrons. The van der Waals surface area contributed by atoms with E-state index in [0.717, 1.165) is 17.7 Å². The van der Waals surface area contributed by atoms with E-state index >= 15 is 0 Å². The zero-order valence-corrected chi connectivity index (χ0v) is 16.4. The molecule has 27 heavy (non-hydrogen) atoms. The van der Waals surface area contributed by atoms with Gasteiger partial charge in [0, 0.05) is 12.6 Å². The minimum atomic E-state index is -3.58. The van der Waals surface area contributed by atoms with E-state index in [0.29, 0.717) is 37.7 Å². The first-order valence-electron chi connectivity index (χ1n) is 9.09. The van der Waals surface area contributed by atoms with Crippen LogP contribution in [0.2, 0.25) is 0 Å². The van der Waals surface area contributed by atoms with Crippen molar-refractivity contribution in [2.75, 3.05) is 19.8 Å². The van der Waals surface area contributed by atoms with E-state index in [4.69, 9.17) is 14.2 Å². The Hall–Kier alpha value is -2.25. The standard InChI is InChI=1S/C20H25NO5S/c1-15(2)26-17-7-3-5-16(13-17)6-4-10-21-27(22,23)18-8-9-19-20(14-18)25-12-11-24-19/h3,5,7-9,13-15,21H,4,6,10-12H2,1-2H3. The molecule has 0 saturated carbocycles. The van der Waals surface area contributed by atoms with Crippen LogP contribution in [0.5, 0.6) is 17.2 Å². The highest BCUT2D eigenvalue weighted by atomic mass is 32.2. The van der Waals surface area contributed by atoms with Crippen LogP contribution >= 0.6 is 0 Å². The SMILES string of the molecule is CC(C)Oc1cccc(CCCNS(=O)(=O)c2ccc3c(c2)OCCO3)c1. The fraction of sp³-hybridized carbons (Fsp3) is 0.400. The zero-order valence-electron chi connectivity index (χ0n) is 15.6. The highest BCUT2D eigenvalue weighted by Gasteiger charge is 2.18. The first kappa shape index (κ1) is 19.5. The molecule has 146 valence electrons. The quantitative estimate of drug-likeness (QED) is 0.700. The molecule has 0 saturated heterocycles. The van der Waals surface area contributed by atoms with Gasteiger partial charge in [-0.05, 0) is 56.5 Å². The van der Waals surface area contributed by atoms with E-state index in [1.807, 2.05) is 38.1 Å². The van der Waals surface area contributed by atoms with Gasteiger partial charge in [-0.3, -0.25) is 0 Å². The van der Waals surface area contributed by atoms with Gasteiger partial charge < -0.3 is 14.2 Å². The minimum absolute atomic E-state index is 0.123. The largest absolute Gasteiger partial charge is 0.491 e. The monoisotopic (exact) mass is 391 g/mol. The molecule has 2 aromatic rings. The van der Waals surface area contributed by atoms with Crippen LogP contribution in [0.15, 0.2) is 47.4 Å². The number of hydrogen-bond acceptors (Lipinski definition) is 5. The second-order valence-electron chi connectivity index (χ2n) is 6.62. The van der Waals surface area contributed by atoms with Gasteiger partial charge in [0.05, 0.1) is 11.0 Å². The molecule has 7 heteroatoms. The first-order valence-corrected chi connectivity index (χ1v) is 10.6. The van der Waals surface area contributed by atoms with Crippen molar-refractivity contribution in [3.05, 3.63) is 48.0 Å². The van der Waals surface area contributed by atoms with Gasteiger partial charge in [0.2, 0.25) is 10.0 Å². The van der Waals surface area contributed by atoms with Gasteiger partial charge in [-0.1, -0.05) is 12.1 Å². The minimum Gasteiger partial charge on any atom is -0.491 e. The molecule has 1 aliphatic rings. The molecule has 1 N–H and O–H groups in total. The summed E-state index contributed by atoms with van der Waals surface area (Å²) < 4.78 is 44.2. The summed E-state index contributed by atoms with van der Waals surface area (Å²) in [6, 6.07) is 12.5. The Balaban J connectivity index is 1.54. The van der Waals surface area contributed by atoms with Gasteiger partial charge >= 0.3 is 0 Å². The van der Waals surface area contributed by atoms with Crippen LogP contribution in [0.4, 0.5) is 0 Å². The van der Waals surface area contributed by atoms with Gasteiger partial charge in [-0.15, -0.1) is 0 Å². The van der Waals surface area contributed by atoms with E-state index in [1.54, 1.807) is 6.07 Å². The molecule has 6 nitrogen and oxygen atoms in total. The maximum absolute atomic E-state index is 12.5. The van der Waals surface area contributed by atoms with Crippen LogP contribution in [0.3, 0.4) is 0 Å². The van der Waals surface area contributed by atoms with Gasteiger partial charge in [0.1, 0.15) is 19.0 Å². The van der Waals surface area contributed by atoms with Crippen LogP contribution in [-0.2, 0) is 16.4 Å². The Morgan fingerprint density at radius 3 is 2.63 bits per heavy atom. The summed E-state index contributed by atoms with van der Waals surface area (Å²) in [5.41, 5.74) is 1.12. The normalized spacial score (nSPS) is 13.6. The Kier molecular flexibility index (Phi) is 6.23. The van der Waals surface area contributed by atoms with Crippen LogP contribution < -0.4 is 18.9 Å². The number of fused-ring (bicyclic) bond motifs is 1. The van der Waals surface area contributed by atoms with Gasteiger partial charge in [-0.25, -0.2) is 13.1 Å². The van der Waals surface area contributed by atoms with Crippen LogP contribution in [0.25, 0.3) is 0 Å². The lowest BCUT2D eigenvalue weighted by Gasteiger charge is -2.18. The van der Waals surface area contributed by atoms with E-state index < -0.39 is 10.0 Å². The zero-order chi connectivity index (χ0) is 19.3. The number of benzene rings is 2. The summed E-state index contributed by atoms with van der Waals surface area (Å²) in [5.74, 6) is 1.87. The molecule has 0 amide bonds. The highest BCUT2D eigenvalue weighted by Crippen LogP contribution is 2.32. The molecule has 3 rings (SSSR count). The molecule has 2 aromatic carbocycles. The molecule has 1 heterocycles. The van der Waals surface area contributed by atoms with Crippen molar-refractivity contribution in [1.29, 1.82) is 0 Å². The topological polar surface area (TPSA) is 73.9 Å². The lowest BCUT2D eigenvalue weighted by atomic mass is 10.1. The smallest absolute Gasteiger partial charge is 0.240 e. The summed E-state index contributed by atoms with van der Waals surface area (Å²) in [6.07, 6.45) is 1.58. The van der Waals surface area contributed by atoms with Crippen molar-refractivity contribution in [2.45, 2.75) is 37.7 Å². The molecule has 1 aliphatic heterocycles. The molecule has 0 aliphatic carbocycles. The summed E-state index contributed by atoms with van der Waals surface area (Å²) in [5, 5.41) is 0. The summed E-state index contributed by atoms with van der Waals surface area (Å²) >= 11 is 0. The highest BCUT2D eigenvalue weighted by molar-refractivity contribution is 7.89. The van der Waals surface area contributed by atoms with Crippen molar-refractivity contribution < 1.29 is 22.6 Å². The first-order chi connectivity index (χ1) is 12.9. The average molecular weight is 391 g/mol. The number of hydrogen-bond donors (Lipinski definition) is 1. The second kappa shape index (κ2) is 8.63. The molecule has 0 atom stereocenters. The molecule has 0 spiro atoms. The molecule has 0 aromatic heterocycles. The number of sulfonamides is 1. The Bertz CT molecular complexity index is 880. The van der Waals surface area contributed by atoms with Crippen molar-refractivity contribution in [3.63, 3.8) is 0 Å². The van der Waals surface area contributed by atoms with Crippen molar-refractivity contribution >= 4 is 10.0 Å². The maximum Gasteiger partial charge on any atom is 0.240 e. The van der Waals surface area contributed by atoms with Crippen molar-refractivity contribution in [3.8, 4) is 17.2 Å². The summed E-state index contributed by atoms with van der Waals surface area (Å²) in [7, 11) is -3.58. The van der Waals surface area contributed by atoms with Gasteiger partial charge in [0.15, 0.2) is 11.5 Å². The van der Waals surface area contributed by atoms with E-state index in [1.165, 1.54) is 12.1 Å². The predicted octanol–water partition coefficient (Wildman–Crippen LogP) is 3.16. The summed E-state index contributed by atoms with van der Waals surface area (Å²) in [4.78, 5) is 0.180. The lowest BCUT2D eigenvalue weighted by molar-refractivity contribution is 0.171. The van der Waals surface area contributed by atoms with Crippen LogP contribution in [-0.4, -0.2) is 34.3 Å². The van der Waals surface area contributed by atoms with Gasteiger partial charge in [-0.2, -0.15) is 0 Å². The number of rotatable bonds is 8. The van der Waals surface area contributed by atoms with E-state index in [2.05, 4.69) is 4.72 Å². The van der Waals surface area contributed by atoms with Crippen molar-refractivity contribution in [1.82, 2.24) is 4.72 Å². The van der Waals surface area contributed by atoms with Gasteiger partial charge in [0.25, 0.3) is 0 Å². The number of ether oxygens (including phenoxy) is 3. The molecule has 0 unspecified atom stereocenters. The maximum atomic E-state index is 12.5. The van der Waals surface area contributed by atoms with Crippen molar-refractivity contribution in [2.24, 2.45) is 0 Å². The second-order valence-corrected chi connectivity index (χ2v) is 8.39. The molecular weight excluding hydrogens is 366 g/mol. The number of nitrogens with one attached hydrogen (secondary N) is 1. The Morgan fingerprint density at radius 1 is 1.07 bits per heavy atom. The Morgan fingerprint density at radius 2 is 1.85 bits per heavy atom. The molecule has 0 bridgehead atoms. The third-order valence-corrected chi connectivity index (χ3v) is 5.49. The molecular formula is C20H25NO5S. The van der Waals surface area contributed by atoms with Crippen LogP contribution in [0.1, 0.15) is 25.8 Å². The Labute approximate surface area is 160 Å². The average Bonchev–Trinajstić information content (AvgIpc) is 2.65. The van der Waals surface area contributed by atoms with E-state index in [9.17, 15) is 8.42 Å². The van der Waals surface area contributed by atoms with E-state index in [-0.39, 0.29) is 11.0 Å². The predicted molar refractivity (Wildman–Crippen MR) is 103 cm³/mol. The summed E-state index contributed by atoms with van der Waals surface area (Å²) in [6.45, 7) is 5.22.